The number of rotatable bonds is 15. The molecule has 0 aromatic carbocycles. The average molecular weight is 480 g/mol. The van der Waals surface area contributed by atoms with E-state index < -0.39 is 53.8 Å². The molecule has 4 unspecified atom stereocenters. The molecular formula is C18H33N5O6S2. The lowest BCUT2D eigenvalue weighted by molar-refractivity contribution is -0.141. The third-order valence-corrected chi connectivity index (χ3v) is 5.38. The predicted molar refractivity (Wildman–Crippen MR) is 122 cm³/mol. The van der Waals surface area contributed by atoms with Crippen molar-refractivity contribution < 1.29 is 29.1 Å². The molecule has 0 saturated heterocycles. The molecule has 0 radical (unpaired) electrons. The van der Waals surface area contributed by atoms with E-state index in [1.165, 1.54) is 11.8 Å². The Balaban J connectivity index is 5.43. The number of thioether (sulfide) groups is 1. The minimum absolute atomic E-state index is 0.138. The molecule has 0 rings (SSSR count). The summed E-state index contributed by atoms with van der Waals surface area (Å²) < 4.78 is 0. The normalized spacial score (nSPS) is 14.8. The summed E-state index contributed by atoms with van der Waals surface area (Å²) in [5.74, 6) is -3.71. The fourth-order valence-electron chi connectivity index (χ4n) is 2.36. The lowest BCUT2D eigenvalue weighted by Gasteiger charge is -2.25. The number of thiol groups is 1. The van der Waals surface area contributed by atoms with Crippen molar-refractivity contribution >= 4 is 54.0 Å². The molecule has 31 heavy (non-hydrogen) atoms. The van der Waals surface area contributed by atoms with Crippen LogP contribution in [-0.4, -0.2) is 76.6 Å². The van der Waals surface area contributed by atoms with Crippen LogP contribution in [0.25, 0.3) is 0 Å². The summed E-state index contributed by atoms with van der Waals surface area (Å²) in [6, 6.07) is -4.28. The van der Waals surface area contributed by atoms with Crippen molar-refractivity contribution in [3.63, 3.8) is 0 Å². The number of aliphatic carboxylic acids is 1. The molecule has 4 atom stereocenters. The molecule has 8 N–H and O–H groups in total. The van der Waals surface area contributed by atoms with Crippen LogP contribution in [0.1, 0.15) is 33.1 Å². The Hall–Kier alpha value is -1.99. The minimum Gasteiger partial charge on any atom is -0.480 e. The Morgan fingerprint density at radius 2 is 1.42 bits per heavy atom. The van der Waals surface area contributed by atoms with E-state index >= 15 is 0 Å². The van der Waals surface area contributed by atoms with E-state index in [0.29, 0.717) is 5.75 Å². The Bertz CT molecular complexity index is 649. The van der Waals surface area contributed by atoms with Gasteiger partial charge in [-0.15, -0.1) is 0 Å². The van der Waals surface area contributed by atoms with Crippen LogP contribution in [0, 0.1) is 5.92 Å². The van der Waals surface area contributed by atoms with Crippen molar-refractivity contribution in [1.82, 2.24) is 16.0 Å². The molecular weight excluding hydrogens is 446 g/mol. The first-order chi connectivity index (χ1) is 14.4. The Labute approximate surface area is 191 Å². The first-order valence-electron chi connectivity index (χ1n) is 9.72. The van der Waals surface area contributed by atoms with Gasteiger partial charge in [0, 0.05) is 12.2 Å². The summed E-state index contributed by atoms with van der Waals surface area (Å²) >= 11 is 5.34. The molecule has 0 aliphatic carbocycles. The van der Waals surface area contributed by atoms with E-state index in [2.05, 4.69) is 28.6 Å². The van der Waals surface area contributed by atoms with Crippen molar-refractivity contribution in [2.45, 2.75) is 57.3 Å². The van der Waals surface area contributed by atoms with Crippen LogP contribution >= 0.6 is 24.4 Å². The van der Waals surface area contributed by atoms with Crippen molar-refractivity contribution in [3.05, 3.63) is 0 Å². The minimum atomic E-state index is -1.30. The van der Waals surface area contributed by atoms with Gasteiger partial charge < -0.3 is 32.5 Å². The van der Waals surface area contributed by atoms with E-state index in [4.69, 9.17) is 16.6 Å². The molecule has 0 aromatic rings. The first kappa shape index (κ1) is 29.0. The van der Waals surface area contributed by atoms with E-state index in [1.807, 2.05) is 6.26 Å². The number of hydrogen-bond acceptors (Lipinski definition) is 8. The average Bonchev–Trinajstić information content (AvgIpc) is 2.70. The highest BCUT2D eigenvalue weighted by atomic mass is 32.2. The molecule has 0 spiro atoms. The number of nitrogens with one attached hydrogen (secondary N) is 3. The number of nitrogens with two attached hydrogens (primary N) is 2. The number of carbonyl (C=O) groups is 5. The zero-order valence-electron chi connectivity index (χ0n) is 17.9. The molecule has 0 fully saturated rings. The van der Waals surface area contributed by atoms with Gasteiger partial charge in [0.2, 0.25) is 23.6 Å². The van der Waals surface area contributed by atoms with Crippen LogP contribution in [0.15, 0.2) is 0 Å². The third kappa shape index (κ3) is 11.3. The van der Waals surface area contributed by atoms with Gasteiger partial charge in [0.1, 0.15) is 18.1 Å². The van der Waals surface area contributed by atoms with Crippen LogP contribution < -0.4 is 27.4 Å². The number of carbonyl (C=O) groups excluding carboxylic acids is 4. The van der Waals surface area contributed by atoms with Crippen molar-refractivity contribution in [2.75, 3.05) is 17.8 Å². The van der Waals surface area contributed by atoms with Gasteiger partial charge in [-0.05, 0) is 30.8 Å². The van der Waals surface area contributed by atoms with Crippen molar-refractivity contribution in [1.29, 1.82) is 0 Å². The third-order valence-electron chi connectivity index (χ3n) is 4.37. The molecule has 4 amide bonds. The smallest absolute Gasteiger partial charge is 0.327 e. The molecule has 11 nitrogen and oxygen atoms in total. The van der Waals surface area contributed by atoms with Crippen LogP contribution in [0.2, 0.25) is 0 Å². The lowest BCUT2D eigenvalue weighted by atomic mass is 10.0. The Morgan fingerprint density at radius 1 is 0.935 bits per heavy atom. The van der Waals surface area contributed by atoms with Crippen LogP contribution in [0.5, 0.6) is 0 Å². The van der Waals surface area contributed by atoms with E-state index in [-0.39, 0.29) is 30.9 Å². The Kier molecular flexibility index (Phi) is 14.0. The highest BCUT2D eigenvalue weighted by Gasteiger charge is 2.30. The number of primary amides is 1. The van der Waals surface area contributed by atoms with Gasteiger partial charge in [-0.2, -0.15) is 24.4 Å². The molecule has 178 valence electrons. The summed E-state index contributed by atoms with van der Waals surface area (Å²) in [6.45, 7) is 3.54. The van der Waals surface area contributed by atoms with Crippen LogP contribution in [0.3, 0.4) is 0 Å². The molecule has 0 heterocycles. The number of amides is 4. The maximum absolute atomic E-state index is 12.8. The van der Waals surface area contributed by atoms with Crippen LogP contribution in [0.4, 0.5) is 0 Å². The highest BCUT2D eigenvalue weighted by molar-refractivity contribution is 7.98. The zero-order valence-corrected chi connectivity index (χ0v) is 19.6. The summed E-state index contributed by atoms with van der Waals surface area (Å²) in [5.41, 5.74) is 11.0. The second kappa shape index (κ2) is 14.9. The molecule has 0 aliphatic rings. The first-order valence-corrected chi connectivity index (χ1v) is 11.7. The van der Waals surface area contributed by atoms with Crippen molar-refractivity contribution in [3.8, 4) is 0 Å². The predicted octanol–water partition coefficient (Wildman–Crippen LogP) is -1.54. The van der Waals surface area contributed by atoms with Crippen LogP contribution in [-0.2, 0) is 24.0 Å². The van der Waals surface area contributed by atoms with E-state index in [1.54, 1.807) is 13.8 Å². The topological polar surface area (TPSA) is 194 Å². The van der Waals surface area contributed by atoms with Gasteiger partial charge in [-0.3, -0.25) is 19.2 Å². The fraction of sp³-hybridized carbons (Fsp3) is 0.722. The number of hydrogen-bond donors (Lipinski definition) is 7. The van der Waals surface area contributed by atoms with Gasteiger partial charge in [0.15, 0.2) is 0 Å². The molecule has 0 saturated carbocycles. The number of carboxylic acids is 1. The second-order valence-corrected chi connectivity index (χ2v) is 8.61. The van der Waals surface area contributed by atoms with Crippen molar-refractivity contribution in [2.24, 2.45) is 17.4 Å². The van der Waals surface area contributed by atoms with E-state index in [9.17, 15) is 24.0 Å². The molecule has 13 heteroatoms. The largest absolute Gasteiger partial charge is 0.480 e. The molecule has 0 bridgehead atoms. The summed E-state index contributed by atoms with van der Waals surface area (Å²) in [5, 5.41) is 16.4. The highest BCUT2D eigenvalue weighted by Crippen LogP contribution is 2.06. The fourth-order valence-corrected chi connectivity index (χ4v) is 3.08. The van der Waals surface area contributed by atoms with Gasteiger partial charge in [-0.1, -0.05) is 13.8 Å². The monoisotopic (exact) mass is 479 g/mol. The maximum atomic E-state index is 12.8. The quantitative estimate of drug-likeness (QED) is 0.137. The molecule has 0 aliphatic heterocycles. The summed E-state index contributed by atoms with van der Waals surface area (Å²) in [7, 11) is 0. The van der Waals surface area contributed by atoms with Gasteiger partial charge in [0.05, 0.1) is 6.04 Å². The lowest BCUT2D eigenvalue weighted by Crippen LogP contribution is -2.57. The van der Waals surface area contributed by atoms with Gasteiger partial charge in [-0.25, -0.2) is 4.79 Å². The van der Waals surface area contributed by atoms with E-state index in [0.717, 1.165) is 0 Å². The Morgan fingerprint density at radius 3 is 1.84 bits per heavy atom. The standard InChI is InChI=1S/C18H33N5O6S2/c1-9(2)14(20)17(27)22-11(6-7-31-3)16(26)21-10(4-5-13(19)24)15(25)23-12(8-30)18(28)29/h9-12,14,30H,4-8,20H2,1-3H3,(H2,19,24)(H,21,26)(H,22,27)(H,23,25)(H,28,29). The number of carboxylic acid groups (broad SMARTS) is 1. The summed E-state index contributed by atoms with van der Waals surface area (Å²) in [4.78, 5) is 60.0. The van der Waals surface area contributed by atoms with Gasteiger partial charge >= 0.3 is 5.97 Å². The second-order valence-electron chi connectivity index (χ2n) is 7.26. The summed E-state index contributed by atoms with van der Waals surface area (Å²) in [6.07, 6.45) is 1.77. The van der Waals surface area contributed by atoms with Gasteiger partial charge in [0.25, 0.3) is 0 Å². The molecule has 0 aromatic heterocycles. The maximum Gasteiger partial charge on any atom is 0.327 e. The zero-order chi connectivity index (χ0) is 24.1. The SMILES string of the molecule is CSCCC(NC(=O)C(N)C(C)C)C(=O)NC(CCC(N)=O)C(=O)NC(CS)C(=O)O.